The molecule has 128 valence electrons. The highest BCUT2D eigenvalue weighted by Gasteiger charge is 2.24. The predicted molar refractivity (Wildman–Crippen MR) is 92.0 cm³/mol. The number of carbonyl (C=O) groups excluding carboxylic acids is 1. The Labute approximate surface area is 141 Å². The van der Waals surface area contributed by atoms with E-state index in [2.05, 4.69) is 11.4 Å². The second-order valence-corrected chi connectivity index (χ2v) is 6.17. The molecular formula is C19H23NO4. The second-order valence-electron chi connectivity index (χ2n) is 6.17. The summed E-state index contributed by atoms with van der Waals surface area (Å²) >= 11 is 0. The minimum absolute atomic E-state index is 0.0115. The molecule has 0 unspecified atom stereocenters. The largest absolute Gasteiger partial charge is 0.508 e. The van der Waals surface area contributed by atoms with Gasteiger partial charge < -0.3 is 19.9 Å². The first-order valence-corrected chi connectivity index (χ1v) is 8.33. The van der Waals surface area contributed by atoms with E-state index < -0.39 is 0 Å². The van der Waals surface area contributed by atoms with Crippen molar-refractivity contribution in [2.45, 2.75) is 32.0 Å². The molecule has 1 aliphatic rings. The van der Waals surface area contributed by atoms with Crippen molar-refractivity contribution < 1.29 is 19.4 Å². The molecule has 0 spiro atoms. The van der Waals surface area contributed by atoms with E-state index in [-0.39, 0.29) is 23.9 Å². The molecule has 1 amide bonds. The van der Waals surface area contributed by atoms with Gasteiger partial charge in [-0.1, -0.05) is 24.3 Å². The predicted octanol–water partition coefficient (Wildman–Crippen LogP) is 2.92. The van der Waals surface area contributed by atoms with Gasteiger partial charge in [0.25, 0.3) is 0 Å². The number of fused-ring (bicyclic) bond motifs is 1. The molecule has 0 aliphatic carbocycles. The summed E-state index contributed by atoms with van der Waals surface area (Å²) in [5, 5.41) is 14.5. The number of benzene rings is 2. The molecule has 0 radical (unpaired) electrons. The highest BCUT2D eigenvalue weighted by molar-refractivity contribution is 5.87. The molecule has 0 bridgehead atoms. The lowest BCUT2D eigenvalue weighted by atomic mass is 9.94. The van der Waals surface area contributed by atoms with Crippen LogP contribution in [0.2, 0.25) is 0 Å². The van der Waals surface area contributed by atoms with E-state index in [0.717, 1.165) is 23.6 Å². The highest BCUT2D eigenvalue weighted by Crippen LogP contribution is 2.31. The summed E-state index contributed by atoms with van der Waals surface area (Å²) in [5.41, 5.74) is 1.18. The number of hydrogen-bond acceptors (Lipinski definition) is 4. The third-order valence-corrected chi connectivity index (χ3v) is 4.29. The quantitative estimate of drug-likeness (QED) is 0.828. The molecule has 3 rings (SSSR count). The number of nitrogens with one attached hydrogen (secondary N) is 1. The number of phenolic OH excluding ortho intramolecular Hbond substituents is 1. The van der Waals surface area contributed by atoms with Crippen LogP contribution in [0.25, 0.3) is 10.8 Å². The van der Waals surface area contributed by atoms with Gasteiger partial charge in [0.05, 0.1) is 13.2 Å². The number of rotatable bonds is 5. The van der Waals surface area contributed by atoms with Gasteiger partial charge in [0.1, 0.15) is 5.75 Å². The Balaban J connectivity index is 1.58. The monoisotopic (exact) mass is 329 g/mol. The maximum absolute atomic E-state index is 10.8. The molecule has 24 heavy (non-hydrogen) atoms. The Bertz CT molecular complexity index is 708. The van der Waals surface area contributed by atoms with Gasteiger partial charge in [-0.15, -0.1) is 0 Å². The van der Waals surface area contributed by atoms with E-state index in [0.29, 0.717) is 19.8 Å². The van der Waals surface area contributed by atoms with Crippen molar-refractivity contribution >= 4 is 16.7 Å². The maximum atomic E-state index is 10.8. The Hall–Kier alpha value is -2.11. The molecule has 0 saturated carbocycles. The van der Waals surface area contributed by atoms with Gasteiger partial charge in [0, 0.05) is 25.8 Å². The zero-order valence-corrected chi connectivity index (χ0v) is 13.8. The van der Waals surface area contributed by atoms with E-state index in [1.54, 1.807) is 12.1 Å². The van der Waals surface area contributed by atoms with Gasteiger partial charge >= 0.3 is 0 Å². The third-order valence-electron chi connectivity index (χ3n) is 4.29. The molecule has 0 atom stereocenters. The average Bonchev–Trinajstić information content (AvgIpc) is 2.58. The lowest BCUT2D eigenvalue weighted by Crippen LogP contribution is -2.32. The summed E-state index contributed by atoms with van der Waals surface area (Å²) in [4.78, 5) is 10.8. The maximum Gasteiger partial charge on any atom is 0.216 e. The van der Waals surface area contributed by atoms with Crippen LogP contribution in [0.4, 0.5) is 0 Å². The molecule has 2 N–H and O–H groups in total. The Kier molecular flexibility index (Phi) is 5.33. The number of amides is 1. The van der Waals surface area contributed by atoms with Gasteiger partial charge in [-0.25, -0.2) is 0 Å². The lowest BCUT2D eigenvalue weighted by molar-refractivity contribution is -0.189. The van der Waals surface area contributed by atoms with Crippen LogP contribution in [-0.4, -0.2) is 37.1 Å². The van der Waals surface area contributed by atoms with E-state index in [1.807, 2.05) is 18.2 Å². The van der Waals surface area contributed by atoms with Crippen molar-refractivity contribution in [2.24, 2.45) is 0 Å². The van der Waals surface area contributed by atoms with Crippen LogP contribution in [0.15, 0.2) is 36.4 Å². The fourth-order valence-corrected chi connectivity index (χ4v) is 3.07. The number of phenols is 1. The number of ether oxygens (including phenoxy) is 2. The molecule has 5 nitrogen and oxygen atoms in total. The van der Waals surface area contributed by atoms with Crippen LogP contribution in [0.5, 0.6) is 5.75 Å². The van der Waals surface area contributed by atoms with Crippen molar-refractivity contribution in [2.75, 3.05) is 19.8 Å². The fraction of sp³-hybridized carbons (Fsp3) is 0.421. The van der Waals surface area contributed by atoms with Crippen molar-refractivity contribution in [3.63, 3.8) is 0 Å². The summed E-state index contributed by atoms with van der Waals surface area (Å²) in [6, 6.07) is 11.5. The lowest BCUT2D eigenvalue weighted by Gasteiger charge is -2.30. The molecular weight excluding hydrogens is 306 g/mol. The third kappa shape index (κ3) is 4.04. The standard InChI is InChI=1S/C19H23NO4/c1-13(21)20-9-3-6-19-23-11-15(12-24-19)17-5-2-4-14-10-16(22)7-8-18(14)17/h2,4-5,7-8,10,15,19,22H,3,6,9,11-12H2,1H3,(H,20,21). The first-order chi connectivity index (χ1) is 11.6. The first-order valence-electron chi connectivity index (χ1n) is 8.33. The molecule has 1 saturated heterocycles. The van der Waals surface area contributed by atoms with Crippen LogP contribution in [-0.2, 0) is 14.3 Å². The van der Waals surface area contributed by atoms with Crippen LogP contribution in [0.1, 0.15) is 31.2 Å². The topological polar surface area (TPSA) is 67.8 Å². The smallest absolute Gasteiger partial charge is 0.216 e. The Morgan fingerprint density at radius 1 is 1.25 bits per heavy atom. The summed E-state index contributed by atoms with van der Waals surface area (Å²) in [6.07, 6.45) is 1.41. The van der Waals surface area contributed by atoms with Crippen molar-refractivity contribution in [1.82, 2.24) is 5.32 Å². The van der Waals surface area contributed by atoms with E-state index >= 15 is 0 Å². The molecule has 1 aliphatic heterocycles. The van der Waals surface area contributed by atoms with Crippen molar-refractivity contribution in [3.05, 3.63) is 42.0 Å². The molecule has 2 aromatic rings. The second kappa shape index (κ2) is 7.64. The van der Waals surface area contributed by atoms with Crippen LogP contribution in [0, 0.1) is 0 Å². The molecule has 5 heteroatoms. The van der Waals surface area contributed by atoms with E-state index in [1.165, 1.54) is 12.5 Å². The van der Waals surface area contributed by atoms with Crippen molar-refractivity contribution in [3.8, 4) is 5.75 Å². The summed E-state index contributed by atoms with van der Waals surface area (Å²) < 4.78 is 11.7. The van der Waals surface area contributed by atoms with Gasteiger partial charge in [-0.3, -0.25) is 4.79 Å². The summed E-state index contributed by atoms with van der Waals surface area (Å²) in [5.74, 6) is 0.447. The van der Waals surface area contributed by atoms with Crippen molar-refractivity contribution in [1.29, 1.82) is 0 Å². The van der Waals surface area contributed by atoms with Gasteiger partial charge in [0.15, 0.2) is 6.29 Å². The van der Waals surface area contributed by atoms with Gasteiger partial charge in [0.2, 0.25) is 5.91 Å². The van der Waals surface area contributed by atoms with Crippen LogP contribution >= 0.6 is 0 Å². The molecule has 0 aromatic heterocycles. The van der Waals surface area contributed by atoms with Crippen LogP contribution < -0.4 is 5.32 Å². The summed E-state index contributed by atoms with van der Waals surface area (Å²) in [7, 11) is 0. The fourth-order valence-electron chi connectivity index (χ4n) is 3.07. The van der Waals surface area contributed by atoms with E-state index in [4.69, 9.17) is 9.47 Å². The summed E-state index contributed by atoms with van der Waals surface area (Å²) in [6.45, 7) is 3.40. The minimum Gasteiger partial charge on any atom is -0.508 e. The Morgan fingerprint density at radius 3 is 2.79 bits per heavy atom. The minimum atomic E-state index is -0.200. The zero-order valence-electron chi connectivity index (χ0n) is 13.8. The average molecular weight is 329 g/mol. The molecule has 1 heterocycles. The van der Waals surface area contributed by atoms with Gasteiger partial charge in [-0.2, -0.15) is 0 Å². The number of hydrogen-bond donors (Lipinski definition) is 2. The first kappa shape index (κ1) is 16.7. The highest BCUT2D eigenvalue weighted by atomic mass is 16.7. The number of carbonyl (C=O) groups is 1. The molecule has 2 aromatic carbocycles. The zero-order chi connectivity index (χ0) is 16.9. The van der Waals surface area contributed by atoms with Gasteiger partial charge in [-0.05, 0) is 34.9 Å². The normalized spacial score (nSPS) is 20.9. The van der Waals surface area contributed by atoms with E-state index in [9.17, 15) is 9.90 Å². The van der Waals surface area contributed by atoms with Crippen LogP contribution in [0.3, 0.4) is 0 Å². The number of aromatic hydroxyl groups is 1. The SMILES string of the molecule is CC(=O)NCCCC1OCC(c2cccc3cc(O)ccc23)CO1. The molecule has 1 fully saturated rings. The Morgan fingerprint density at radius 2 is 2.04 bits per heavy atom.